The summed E-state index contributed by atoms with van der Waals surface area (Å²) in [5.74, 6) is -0.740. The Bertz CT molecular complexity index is 325. The minimum absolute atomic E-state index is 0.207. The summed E-state index contributed by atoms with van der Waals surface area (Å²) in [5, 5.41) is 8.52. The molecule has 0 amide bonds. The fourth-order valence-electron chi connectivity index (χ4n) is 1.26. The Balaban J connectivity index is 2.25. The predicted octanol–water partition coefficient (Wildman–Crippen LogP) is 1.40. The van der Waals surface area contributed by atoms with E-state index in [4.69, 9.17) is 5.11 Å². The van der Waals surface area contributed by atoms with E-state index in [0.717, 1.165) is 18.7 Å². The summed E-state index contributed by atoms with van der Waals surface area (Å²) >= 11 is 1.66. The lowest BCUT2D eigenvalue weighted by Gasteiger charge is -2.14. The van der Waals surface area contributed by atoms with Crippen molar-refractivity contribution in [3.8, 4) is 0 Å². The van der Waals surface area contributed by atoms with Crippen molar-refractivity contribution >= 4 is 17.3 Å². The number of carbonyl (C=O) groups is 1. The Morgan fingerprint density at radius 3 is 2.87 bits per heavy atom. The zero-order chi connectivity index (χ0) is 11.3. The molecule has 0 atom stereocenters. The fraction of sp³-hybridized carbons (Fsp3) is 0.600. The number of hydrogen-bond acceptors (Lipinski definition) is 4. The second-order valence-corrected chi connectivity index (χ2v) is 4.50. The molecule has 1 aromatic rings. The van der Waals surface area contributed by atoms with Crippen molar-refractivity contribution in [3.05, 3.63) is 16.1 Å². The molecule has 5 heteroatoms. The third kappa shape index (κ3) is 4.40. The van der Waals surface area contributed by atoms with Gasteiger partial charge in [0.2, 0.25) is 0 Å². The molecule has 1 heterocycles. The summed E-state index contributed by atoms with van der Waals surface area (Å²) in [4.78, 5) is 17.9. The lowest BCUT2D eigenvalue weighted by atomic mass is 10.3. The van der Waals surface area contributed by atoms with Crippen molar-refractivity contribution in [2.45, 2.75) is 19.8 Å². The van der Waals surface area contributed by atoms with Crippen LogP contribution >= 0.6 is 11.3 Å². The molecule has 0 radical (unpaired) electrons. The molecule has 0 fully saturated rings. The zero-order valence-corrected chi connectivity index (χ0v) is 9.88. The van der Waals surface area contributed by atoms with Gasteiger partial charge in [0.15, 0.2) is 0 Å². The Morgan fingerprint density at radius 1 is 1.60 bits per heavy atom. The van der Waals surface area contributed by atoms with Gasteiger partial charge in [0.25, 0.3) is 0 Å². The van der Waals surface area contributed by atoms with Gasteiger partial charge in [-0.25, -0.2) is 4.98 Å². The quantitative estimate of drug-likeness (QED) is 0.799. The molecular weight excluding hydrogens is 212 g/mol. The van der Waals surface area contributed by atoms with E-state index in [-0.39, 0.29) is 6.42 Å². The second kappa shape index (κ2) is 5.82. The minimum Gasteiger partial charge on any atom is -0.481 e. The van der Waals surface area contributed by atoms with Crippen LogP contribution in [0.4, 0.5) is 0 Å². The Labute approximate surface area is 93.6 Å². The molecule has 0 aromatic carbocycles. The van der Waals surface area contributed by atoms with Crippen molar-refractivity contribution in [3.63, 3.8) is 0 Å². The molecule has 0 aliphatic carbocycles. The van der Waals surface area contributed by atoms with E-state index in [9.17, 15) is 4.79 Å². The van der Waals surface area contributed by atoms with Crippen molar-refractivity contribution in [2.24, 2.45) is 0 Å². The van der Waals surface area contributed by atoms with Crippen molar-refractivity contribution in [2.75, 3.05) is 20.1 Å². The lowest BCUT2D eigenvalue weighted by Crippen LogP contribution is -2.24. The number of hydrogen-bond donors (Lipinski definition) is 1. The maximum atomic E-state index is 10.4. The number of rotatable bonds is 6. The maximum Gasteiger partial charge on any atom is 0.304 e. The summed E-state index contributed by atoms with van der Waals surface area (Å²) < 4.78 is 0. The number of nitrogens with zero attached hydrogens (tertiary/aromatic N) is 2. The second-order valence-electron chi connectivity index (χ2n) is 3.56. The van der Waals surface area contributed by atoms with Gasteiger partial charge in [-0.05, 0) is 20.4 Å². The molecule has 84 valence electrons. The van der Waals surface area contributed by atoms with E-state index in [1.54, 1.807) is 11.3 Å². The van der Waals surface area contributed by atoms with Crippen molar-refractivity contribution in [1.29, 1.82) is 0 Å². The van der Waals surface area contributed by atoms with Crippen LogP contribution in [0.25, 0.3) is 0 Å². The molecule has 0 bridgehead atoms. The monoisotopic (exact) mass is 228 g/mol. The molecule has 0 unspecified atom stereocenters. The van der Waals surface area contributed by atoms with E-state index in [2.05, 4.69) is 4.98 Å². The number of aliphatic carboxylic acids is 1. The average Bonchev–Trinajstić information content (AvgIpc) is 2.58. The Kier molecular flexibility index (Phi) is 4.71. The first-order chi connectivity index (χ1) is 7.09. The fourth-order valence-corrected chi connectivity index (χ4v) is 2.03. The highest BCUT2D eigenvalue weighted by molar-refractivity contribution is 7.09. The lowest BCUT2D eigenvalue weighted by molar-refractivity contribution is -0.137. The third-order valence-electron chi connectivity index (χ3n) is 2.27. The van der Waals surface area contributed by atoms with Gasteiger partial charge in [-0.3, -0.25) is 4.79 Å². The molecule has 0 spiro atoms. The molecule has 0 aliphatic rings. The van der Waals surface area contributed by atoms with Crippen LogP contribution in [0.5, 0.6) is 0 Å². The molecule has 0 aliphatic heterocycles. The highest BCUT2D eigenvalue weighted by Gasteiger charge is 2.05. The Hall–Kier alpha value is -0.940. The van der Waals surface area contributed by atoms with E-state index in [0.29, 0.717) is 6.54 Å². The topological polar surface area (TPSA) is 53.4 Å². The van der Waals surface area contributed by atoms with Gasteiger partial charge in [-0.15, -0.1) is 11.3 Å². The first-order valence-electron chi connectivity index (χ1n) is 4.89. The van der Waals surface area contributed by atoms with Gasteiger partial charge in [-0.2, -0.15) is 0 Å². The summed E-state index contributed by atoms with van der Waals surface area (Å²) in [6, 6.07) is 0. The number of carboxylic acid groups (broad SMARTS) is 1. The highest BCUT2D eigenvalue weighted by atomic mass is 32.1. The molecule has 4 nitrogen and oxygen atoms in total. The average molecular weight is 228 g/mol. The van der Waals surface area contributed by atoms with Crippen LogP contribution in [-0.4, -0.2) is 41.1 Å². The van der Waals surface area contributed by atoms with Crippen LogP contribution in [0.15, 0.2) is 5.51 Å². The summed E-state index contributed by atoms with van der Waals surface area (Å²) in [7, 11) is 1.94. The van der Waals surface area contributed by atoms with E-state index in [1.165, 1.54) is 4.88 Å². The summed E-state index contributed by atoms with van der Waals surface area (Å²) in [6.45, 7) is 3.49. The van der Waals surface area contributed by atoms with Crippen LogP contribution in [0.3, 0.4) is 0 Å². The predicted molar refractivity (Wildman–Crippen MR) is 60.3 cm³/mol. The SMILES string of the molecule is Cc1ncsc1CCN(C)CCC(=O)O. The first kappa shape index (κ1) is 12.1. The molecule has 0 saturated heterocycles. The standard InChI is InChI=1S/C10H16N2O2S/c1-8-9(15-7-11-8)3-5-12(2)6-4-10(13)14/h7H,3-6H2,1-2H3,(H,13,14). The largest absolute Gasteiger partial charge is 0.481 e. The number of carboxylic acids is 1. The van der Waals surface area contributed by atoms with E-state index < -0.39 is 5.97 Å². The van der Waals surface area contributed by atoms with Crippen LogP contribution in [0.2, 0.25) is 0 Å². The van der Waals surface area contributed by atoms with Gasteiger partial charge < -0.3 is 10.0 Å². The van der Waals surface area contributed by atoms with Gasteiger partial charge in [0, 0.05) is 18.0 Å². The van der Waals surface area contributed by atoms with Gasteiger partial charge in [0.1, 0.15) is 0 Å². The molecular formula is C10H16N2O2S. The van der Waals surface area contributed by atoms with Crippen LogP contribution in [0, 0.1) is 6.92 Å². The Morgan fingerprint density at radius 2 is 2.33 bits per heavy atom. The van der Waals surface area contributed by atoms with Crippen LogP contribution in [0.1, 0.15) is 17.0 Å². The summed E-state index contributed by atoms with van der Waals surface area (Å²) in [5.41, 5.74) is 2.94. The number of thiazole rings is 1. The first-order valence-corrected chi connectivity index (χ1v) is 5.77. The minimum atomic E-state index is -0.740. The normalized spacial score (nSPS) is 10.9. The van der Waals surface area contributed by atoms with Gasteiger partial charge in [-0.1, -0.05) is 0 Å². The smallest absolute Gasteiger partial charge is 0.304 e. The van der Waals surface area contributed by atoms with Crippen molar-refractivity contribution < 1.29 is 9.90 Å². The number of likely N-dealkylation sites (N-methyl/N-ethyl adjacent to an activating group) is 1. The molecule has 1 N–H and O–H groups in total. The van der Waals surface area contributed by atoms with Gasteiger partial charge in [0.05, 0.1) is 17.6 Å². The molecule has 1 aromatic heterocycles. The maximum absolute atomic E-state index is 10.4. The third-order valence-corrected chi connectivity index (χ3v) is 3.27. The van der Waals surface area contributed by atoms with Crippen LogP contribution < -0.4 is 0 Å². The summed E-state index contributed by atoms with van der Waals surface area (Å²) in [6.07, 6.45) is 1.16. The van der Waals surface area contributed by atoms with Crippen LogP contribution in [-0.2, 0) is 11.2 Å². The molecule has 1 rings (SSSR count). The zero-order valence-electron chi connectivity index (χ0n) is 9.06. The highest BCUT2D eigenvalue weighted by Crippen LogP contribution is 2.12. The van der Waals surface area contributed by atoms with E-state index >= 15 is 0 Å². The van der Waals surface area contributed by atoms with E-state index in [1.807, 2.05) is 24.4 Å². The van der Waals surface area contributed by atoms with Gasteiger partial charge >= 0.3 is 5.97 Å². The molecule has 0 saturated carbocycles. The molecule has 15 heavy (non-hydrogen) atoms. The van der Waals surface area contributed by atoms with Crippen molar-refractivity contribution in [1.82, 2.24) is 9.88 Å². The number of aryl methyl sites for hydroxylation is 1. The number of aromatic nitrogens is 1.